The van der Waals surface area contributed by atoms with E-state index >= 15 is 0 Å². The van der Waals surface area contributed by atoms with Crippen molar-refractivity contribution >= 4 is 29.3 Å². The molecule has 29 heavy (non-hydrogen) atoms. The number of carbonyl (C=O) groups is 2. The maximum atomic E-state index is 12.4. The maximum absolute atomic E-state index is 12.4. The van der Waals surface area contributed by atoms with Crippen LogP contribution >= 0.6 is 0 Å². The molecule has 5 nitrogen and oxygen atoms in total. The van der Waals surface area contributed by atoms with Crippen LogP contribution in [0.1, 0.15) is 29.4 Å². The number of hydrogen-bond donors (Lipinski definition) is 2. The van der Waals surface area contributed by atoms with E-state index in [1.54, 1.807) is 6.07 Å². The van der Waals surface area contributed by atoms with Gasteiger partial charge in [0, 0.05) is 41.4 Å². The minimum absolute atomic E-state index is 0.148. The lowest BCUT2D eigenvalue weighted by atomic mass is 10.1. The lowest BCUT2D eigenvalue weighted by Gasteiger charge is -2.10. The van der Waals surface area contributed by atoms with Crippen LogP contribution in [0.25, 0.3) is 11.8 Å². The molecule has 0 unspecified atom stereocenters. The smallest absolute Gasteiger partial charge is 0.248 e. The summed E-state index contributed by atoms with van der Waals surface area (Å²) in [5.41, 5.74) is 6.51. The molecule has 1 heterocycles. The Hall–Kier alpha value is -3.60. The summed E-state index contributed by atoms with van der Waals surface area (Å²) in [5.74, 6) is -0.377. The van der Waals surface area contributed by atoms with Gasteiger partial charge in [-0.25, -0.2) is 0 Å². The highest BCUT2D eigenvalue weighted by Gasteiger charge is 2.09. The zero-order chi connectivity index (χ0) is 21.0. The van der Waals surface area contributed by atoms with Crippen LogP contribution in [0.15, 0.2) is 60.7 Å². The summed E-state index contributed by atoms with van der Waals surface area (Å²) in [7, 11) is 0. The highest BCUT2D eigenvalue weighted by atomic mass is 16.2. The summed E-state index contributed by atoms with van der Waals surface area (Å²) < 4.78 is 2.16. The Bertz CT molecular complexity index is 1080. The molecule has 2 aromatic carbocycles. The second-order valence-corrected chi connectivity index (χ2v) is 7.03. The van der Waals surface area contributed by atoms with Crippen LogP contribution in [0.2, 0.25) is 0 Å². The van der Waals surface area contributed by atoms with Gasteiger partial charge in [-0.05, 0) is 68.3 Å². The predicted octanol–water partition coefficient (Wildman–Crippen LogP) is 5.01. The number of benzene rings is 2. The summed E-state index contributed by atoms with van der Waals surface area (Å²) in [5, 5.41) is 5.61. The summed E-state index contributed by atoms with van der Waals surface area (Å²) in [6, 6.07) is 17.6. The number of nitrogens with zero attached hydrogens (tertiary/aromatic N) is 1. The largest absolute Gasteiger partial charge is 0.326 e. The highest BCUT2D eigenvalue weighted by molar-refractivity contribution is 6.02. The first-order valence-corrected chi connectivity index (χ1v) is 9.47. The number of hydrogen-bond acceptors (Lipinski definition) is 2. The summed E-state index contributed by atoms with van der Waals surface area (Å²) in [4.78, 5) is 23.7. The molecular formula is C24H25N3O2. The fraction of sp³-hybridized carbons (Fsp3) is 0.167. The molecule has 3 aromatic rings. The van der Waals surface area contributed by atoms with Gasteiger partial charge < -0.3 is 15.2 Å². The van der Waals surface area contributed by atoms with Crippen molar-refractivity contribution in [2.45, 2.75) is 27.7 Å². The monoisotopic (exact) mass is 387 g/mol. The molecule has 0 atom stereocenters. The molecule has 2 N–H and O–H groups in total. The number of rotatable bonds is 5. The Labute approximate surface area is 171 Å². The lowest BCUT2D eigenvalue weighted by molar-refractivity contribution is -0.114. The van der Waals surface area contributed by atoms with Crippen LogP contribution < -0.4 is 10.6 Å². The quantitative estimate of drug-likeness (QED) is 0.604. The summed E-state index contributed by atoms with van der Waals surface area (Å²) >= 11 is 0. The van der Waals surface area contributed by atoms with E-state index in [1.165, 1.54) is 13.0 Å². The first kappa shape index (κ1) is 20.1. The molecule has 0 radical (unpaired) electrons. The summed E-state index contributed by atoms with van der Waals surface area (Å²) in [6.45, 7) is 7.45. The van der Waals surface area contributed by atoms with Crippen molar-refractivity contribution in [1.82, 2.24) is 4.57 Å². The Balaban J connectivity index is 1.76. The van der Waals surface area contributed by atoms with Crippen LogP contribution in [0.4, 0.5) is 11.4 Å². The van der Waals surface area contributed by atoms with E-state index in [9.17, 15) is 9.59 Å². The van der Waals surface area contributed by atoms with Gasteiger partial charge in [-0.15, -0.1) is 0 Å². The third-order valence-electron chi connectivity index (χ3n) is 4.71. The van der Waals surface area contributed by atoms with Gasteiger partial charge in [-0.2, -0.15) is 0 Å². The third kappa shape index (κ3) is 4.82. The van der Waals surface area contributed by atoms with Crippen molar-refractivity contribution in [3.63, 3.8) is 0 Å². The average molecular weight is 387 g/mol. The molecule has 0 aliphatic carbocycles. The van der Waals surface area contributed by atoms with Gasteiger partial charge in [0.2, 0.25) is 11.8 Å². The number of anilines is 2. The van der Waals surface area contributed by atoms with E-state index in [4.69, 9.17) is 0 Å². The SMILES string of the molecule is CC(=O)Nc1cc(NC(=O)/C=C/c2cc(C)n(-c3ccccc3)c2C)ccc1C. The van der Waals surface area contributed by atoms with E-state index in [0.717, 1.165) is 28.2 Å². The Kier molecular flexibility index (Phi) is 5.98. The third-order valence-corrected chi connectivity index (χ3v) is 4.71. The van der Waals surface area contributed by atoms with Crippen molar-refractivity contribution in [2.75, 3.05) is 10.6 Å². The maximum Gasteiger partial charge on any atom is 0.248 e. The zero-order valence-electron chi connectivity index (χ0n) is 17.1. The molecule has 0 spiro atoms. The van der Waals surface area contributed by atoms with E-state index in [1.807, 2.05) is 57.2 Å². The van der Waals surface area contributed by atoms with Gasteiger partial charge in [-0.3, -0.25) is 9.59 Å². The van der Waals surface area contributed by atoms with Crippen molar-refractivity contribution < 1.29 is 9.59 Å². The number of carbonyl (C=O) groups excluding carboxylic acids is 2. The van der Waals surface area contributed by atoms with Crippen LogP contribution in [0, 0.1) is 20.8 Å². The fourth-order valence-corrected chi connectivity index (χ4v) is 3.30. The first-order chi connectivity index (χ1) is 13.8. The molecule has 0 aliphatic heterocycles. The van der Waals surface area contributed by atoms with Gasteiger partial charge >= 0.3 is 0 Å². The second-order valence-electron chi connectivity index (χ2n) is 7.03. The molecule has 2 amide bonds. The van der Waals surface area contributed by atoms with E-state index < -0.39 is 0 Å². The molecule has 0 saturated carbocycles. The van der Waals surface area contributed by atoms with Gasteiger partial charge in [0.05, 0.1) is 0 Å². The Morgan fingerprint density at radius 2 is 1.66 bits per heavy atom. The molecule has 5 heteroatoms. The molecule has 3 rings (SSSR count). The standard InChI is InChI=1S/C24H25N3O2/c1-16-10-12-21(15-23(16)25-19(4)28)26-24(29)13-11-20-14-17(2)27(18(20)3)22-8-6-5-7-9-22/h5-15H,1-4H3,(H,25,28)(H,26,29)/b13-11+. The molecule has 0 aliphatic rings. The Morgan fingerprint density at radius 3 is 2.34 bits per heavy atom. The van der Waals surface area contributed by atoms with Crippen molar-refractivity contribution in [2.24, 2.45) is 0 Å². The number of para-hydroxylation sites is 1. The van der Waals surface area contributed by atoms with Gasteiger partial charge in [0.15, 0.2) is 0 Å². The topological polar surface area (TPSA) is 63.1 Å². The van der Waals surface area contributed by atoms with Crippen molar-refractivity contribution in [3.05, 3.63) is 83.2 Å². The number of amides is 2. The fourth-order valence-electron chi connectivity index (χ4n) is 3.30. The van der Waals surface area contributed by atoms with E-state index in [-0.39, 0.29) is 11.8 Å². The highest BCUT2D eigenvalue weighted by Crippen LogP contribution is 2.22. The lowest BCUT2D eigenvalue weighted by Crippen LogP contribution is -2.10. The number of nitrogens with one attached hydrogen (secondary N) is 2. The summed E-state index contributed by atoms with van der Waals surface area (Å²) in [6.07, 6.45) is 3.34. The number of aryl methyl sites for hydroxylation is 2. The van der Waals surface area contributed by atoms with Crippen LogP contribution in [0.3, 0.4) is 0 Å². The normalized spacial score (nSPS) is 10.9. The number of aromatic nitrogens is 1. The molecular weight excluding hydrogens is 362 g/mol. The van der Waals surface area contributed by atoms with Gasteiger partial charge in [0.1, 0.15) is 0 Å². The van der Waals surface area contributed by atoms with Crippen LogP contribution in [0.5, 0.6) is 0 Å². The van der Waals surface area contributed by atoms with Crippen LogP contribution in [-0.4, -0.2) is 16.4 Å². The van der Waals surface area contributed by atoms with Crippen molar-refractivity contribution in [1.29, 1.82) is 0 Å². The minimum atomic E-state index is -0.229. The molecule has 1 aromatic heterocycles. The second kappa shape index (κ2) is 8.61. The van der Waals surface area contributed by atoms with Crippen molar-refractivity contribution in [3.8, 4) is 5.69 Å². The first-order valence-electron chi connectivity index (χ1n) is 9.47. The van der Waals surface area contributed by atoms with E-state index in [0.29, 0.717) is 11.4 Å². The average Bonchev–Trinajstić information content (AvgIpc) is 2.96. The molecule has 0 fully saturated rings. The van der Waals surface area contributed by atoms with Gasteiger partial charge in [0.25, 0.3) is 0 Å². The Morgan fingerprint density at radius 1 is 0.931 bits per heavy atom. The minimum Gasteiger partial charge on any atom is -0.326 e. The molecule has 148 valence electrons. The molecule has 0 bridgehead atoms. The molecule has 0 saturated heterocycles. The predicted molar refractivity (Wildman–Crippen MR) is 118 cm³/mol. The van der Waals surface area contributed by atoms with Gasteiger partial charge in [-0.1, -0.05) is 24.3 Å². The van der Waals surface area contributed by atoms with E-state index in [2.05, 4.69) is 33.4 Å². The van der Waals surface area contributed by atoms with Crippen LogP contribution in [-0.2, 0) is 9.59 Å². The zero-order valence-corrected chi connectivity index (χ0v) is 17.1.